The highest BCUT2D eigenvalue weighted by Gasteiger charge is 2.51. The molecule has 3 heterocycles. The zero-order valence-corrected chi connectivity index (χ0v) is 51.0. The summed E-state index contributed by atoms with van der Waals surface area (Å²) in [5.74, 6) is 6.41. The number of esters is 1. The highest BCUT2D eigenvalue weighted by Crippen LogP contribution is 2.39. The van der Waals surface area contributed by atoms with Crippen LogP contribution in [0.3, 0.4) is 0 Å². The van der Waals surface area contributed by atoms with Crippen molar-refractivity contribution in [3.63, 3.8) is 0 Å². The van der Waals surface area contributed by atoms with Crippen LogP contribution >= 0.6 is 0 Å². The van der Waals surface area contributed by atoms with Gasteiger partial charge >= 0.3 is 5.97 Å². The fraction of sp³-hybridized carbons (Fsp3) is 0.677. The summed E-state index contributed by atoms with van der Waals surface area (Å²) in [5.41, 5.74) is 0.689. The van der Waals surface area contributed by atoms with Crippen molar-refractivity contribution in [1.82, 2.24) is 0 Å². The van der Waals surface area contributed by atoms with Crippen LogP contribution in [0.5, 0.6) is 0 Å². The number of ether oxygens (including phenoxy) is 12. The Kier molecular flexibility index (Phi) is 32.8. The lowest BCUT2D eigenvalue weighted by atomic mass is 9.93. The summed E-state index contributed by atoms with van der Waals surface area (Å²) in [7, 11) is 2.09. The van der Waals surface area contributed by atoms with E-state index in [1.54, 1.807) is 21.3 Å². The molecule has 0 N–H and O–H groups in total. The first kappa shape index (κ1) is 67.2. The molecule has 14 nitrogen and oxygen atoms in total. The van der Waals surface area contributed by atoms with Gasteiger partial charge in [-0.3, -0.25) is 0 Å². The Bertz CT molecular complexity index is 2060. The Morgan fingerprint density at radius 1 is 0.675 bits per heavy atom. The Morgan fingerprint density at radius 3 is 1.84 bits per heavy atom. The molecule has 0 aliphatic carbocycles. The molecule has 5 rings (SSSR count). The minimum atomic E-state index is -2.89. The number of unbranched alkanes of at least 4 members (excludes halogenated alkanes) is 7. The molecule has 448 valence electrons. The van der Waals surface area contributed by atoms with Crippen molar-refractivity contribution in [2.45, 2.75) is 204 Å². The second-order valence-corrected chi connectivity index (χ2v) is 26.5. The Balaban J connectivity index is 1.23. The molecule has 0 radical (unpaired) electrons. The van der Waals surface area contributed by atoms with Gasteiger partial charge in [0, 0.05) is 33.3 Å². The molecule has 2 aromatic carbocycles. The molecular formula is C65H100O14Si. The maximum absolute atomic E-state index is 13.0. The van der Waals surface area contributed by atoms with Crippen LogP contribution in [-0.2, 0) is 66.1 Å². The molecule has 9 atom stereocenters. The average Bonchev–Trinajstić information content (AvgIpc) is 4.15. The van der Waals surface area contributed by atoms with Crippen LogP contribution in [0.1, 0.15) is 144 Å². The molecule has 2 fully saturated rings. The van der Waals surface area contributed by atoms with Gasteiger partial charge in [-0.25, -0.2) is 4.79 Å². The number of allylic oxidation sites excluding steroid dienone is 3. The molecule has 0 aromatic heterocycles. The van der Waals surface area contributed by atoms with Crippen molar-refractivity contribution in [3.8, 4) is 11.8 Å². The van der Waals surface area contributed by atoms with Gasteiger partial charge < -0.3 is 61.3 Å². The third-order valence-electron chi connectivity index (χ3n) is 15.0. The van der Waals surface area contributed by atoms with Crippen LogP contribution in [0, 0.1) is 11.8 Å². The second kappa shape index (κ2) is 39.1. The fourth-order valence-electron chi connectivity index (χ4n) is 10.8. The summed E-state index contributed by atoms with van der Waals surface area (Å²) < 4.78 is 79.0. The molecule has 0 bridgehead atoms. The third kappa shape index (κ3) is 23.6. The zero-order valence-electron chi connectivity index (χ0n) is 50.0. The second-order valence-electron chi connectivity index (χ2n) is 22.2. The average molecular weight is 1130 g/mol. The summed E-state index contributed by atoms with van der Waals surface area (Å²) in [6.45, 7) is 14.2. The van der Waals surface area contributed by atoms with E-state index >= 15 is 0 Å². The molecule has 0 spiro atoms. The highest BCUT2D eigenvalue weighted by atomic mass is 28.4. The molecule has 0 unspecified atom stereocenters. The van der Waals surface area contributed by atoms with Gasteiger partial charge in [-0.1, -0.05) is 151 Å². The van der Waals surface area contributed by atoms with Gasteiger partial charge in [0.15, 0.2) is 0 Å². The monoisotopic (exact) mass is 1130 g/mol. The maximum Gasteiger partial charge on any atom is 0.334 e. The number of hydrogen-bond donors (Lipinski definition) is 0. The van der Waals surface area contributed by atoms with Crippen LogP contribution in [0.4, 0.5) is 0 Å². The number of carbonyl (C=O) groups excluding carboxylic acids is 1. The lowest BCUT2D eigenvalue weighted by molar-refractivity contribution is -0.205. The summed E-state index contributed by atoms with van der Waals surface area (Å²) in [5, 5.41) is 2.22. The van der Waals surface area contributed by atoms with Gasteiger partial charge in [-0.2, -0.15) is 0 Å². The Morgan fingerprint density at radius 2 is 1.25 bits per heavy atom. The van der Waals surface area contributed by atoms with Crippen molar-refractivity contribution < 1.29 is 66.1 Å². The number of benzene rings is 2. The van der Waals surface area contributed by atoms with E-state index in [1.165, 1.54) is 42.5 Å². The molecule has 15 heteroatoms. The Hall–Kier alpha value is -3.57. The number of rotatable bonds is 41. The van der Waals surface area contributed by atoms with Crippen LogP contribution in [0.15, 0.2) is 96.6 Å². The number of hydrogen-bond acceptors (Lipinski definition) is 14. The van der Waals surface area contributed by atoms with Gasteiger partial charge in [0.1, 0.15) is 38.7 Å². The topological polar surface area (TPSA) is 137 Å². The molecular weight excluding hydrogens is 1030 g/mol. The smallest absolute Gasteiger partial charge is 0.334 e. The molecule has 3 aliphatic rings. The number of carbonyl (C=O) groups is 1. The molecule has 3 aliphatic heterocycles. The van der Waals surface area contributed by atoms with E-state index in [4.69, 9.17) is 61.3 Å². The van der Waals surface area contributed by atoms with Crippen molar-refractivity contribution >= 4 is 24.7 Å². The normalized spacial score (nSPS) is 21.9. The van der Waals surface area contributed by atoms with Gasteiger partial charge in [0.05, 0.1) is 76.3 Å². The minimum Gasteiger partial charge on any atom is -0.455 e. The molecule has 80 heavy (non-hydrogen) atoms. The van der Waals surface area contributed by atoms with E-state index in [-0.39, 0.29) is 86.3 Å². The summed E-state index contributed by atoms with van der Waals surface area (Å²) >= 11 is 0. The maximum atomic E-state index is 13.0. The van der Waals surface area contributed by atoms with E-state index in [0.29, 0.717) is 64.5 Å². The number of cyclic esters (lactones) is 1. The predicted octanol–water partition coefficient (Wildman–Crippen LogP) is 11.1. The van der Waals surface area contributed by atoms with Crippen LogP contribution in [0.25, 0.3) is 0 Å². The van der Waals surface area contributed by atoms with Crippen LogP contribution in [-0.4, -0.2) is 151 Å². The zero-order chi connectivity index (χ0) is 57.1. The first-order chi connectivity index (χ1) is 39.0. The predicted molar refractivity (Wildman–Crippen MR) is 316 cm³/mol. The van der Waals surface area contributed by atoms with Crippen LogP contribution < -0.4 is 10.4 Å². The quantitative estimate of drug-likeness (QED) is 0.0156. The summed E-state index contributed by atoms with van der Waals surface area (Å²) in [6, 6.07) is 21.3. The van der Waals surface area contributed by atoms with Gasteiger partial charge in [-0.15, -0.1) is 0 Å². The largest absolute Gasteiger partial charge is 0.455 e. The Labute approximate surface area is 482 Å². The first-order valence-corrected chi connectivity index (χ1v) is 31.8. The van der Waals surface area contributed by atoms with Crippen molar-refractivity contribution in [1.29, 1.82) is 0 Å². The van der Waals surface area contributed by atoms with Crippen molar-refractivity contribution in [2.24, 2.45) is 0 Å². The van der Waals surface area contributed by atoms with Crippen molar-refractivity contribution in [2.75, 3.05) is 81.3 Å². The van der Waals surface area contributed by atoms with E-state index in [2.05, 4.69) is 118 Å². The highest BCUT2D eigenvalue weighted by molar-refractivity contribution is 6.99. The first-order valence-electron chi connectivity index (χ1n) is 29.9. The summed E-state index contributed by atoms with van der Waals surface area (Å²) in [6.07, 6.45) is 24.2. The molecule has 2 saturated heterocycles. The van der Waals surface area contributed by atoms with Gasteiger partial charge in [-0.05, 0) is 105 Å². The van der Waals surface area contributed by atoms with E-state index in [1.807, 2.05) is 19.1 Å². The molecule has 0 saturated carbocycles. The van der Waals surface area contributed by atoms with E-state index in [9.17, 15) is 4.79 Å². The standard InChI is InChI=1S/C65H100O14Si/c1-9-10-11-12-13-14-18-27-34-61-58(73-49-70-44-41-67-6)39-40-63(78-61)60(75-51-72-46-43-69-8)38-37-59(74-50-71-45-42-68-7)62-36-35-54(77-62)28-21-16-15-17-22-29-55(48-53-47-52(2)76-64(53)66)79-80(65(3,4)5,56-30-23-19-24-31-56)57-32-25-20-26-33-57/h15-16,19-20,23-27,30-34,47,52,54-55,58-63H,9-14,17-18,22,29,35-46,48-51H2,1-8H3/b16-15+,34-27-/t52-,54+,55+,58+,59-,60-,61-,62-,63-/m0/s1. The van der Waals surface area contributed by atoms with E-state index < -0.39 is 8.32 Å². The lowest BCUT2D eigenvalue weighted by Gasteiger charge is -2.45. The van der Waals surface area contributed by atoms with Gasteiger partial charge in [0.2, 0.25) is 0 Å². The summed E-state index contributed by atoms with van der Waals surface area (Å²) in [4.78, 5) is 13.0. The lowest BCUT2D eigenvalue weighted by Crippen LogP contribution is -2.67. The van der Waals surface area contributed by atoms with Crippen LogP contribution in [0.2, 0.25) is 5.04 Å². The fourth-order valence-corrected chi connectivity index (χ4v) is 15.5. The SMILES string of the molecule is CCCCCCCC/C=C\[C@@H]1O[C@H]([C@H](CC[C@H](OCOCCOC)[C@@H]2CC[C@@H](C#C/C=C/CCC[C@H](CC3=C[C@H](C)OC3=O)O[Si](c3ccccc3)(c3ccccc3)C(C)(C)C)O2)OCOCCOC)CC[C@H]1OCOCCOC. The van der Waals surface area contributed by atoms with Gasteiger partial charge in [0.25, 0.3) is 8.32 Å². The minimum absolute atomic E-state index is 0.111. The number of methoxy groups -OCH3 is 3. The molecule has 0 amide bonds. The van der Waals surface area contributed by atoms with Crippen molar-refractivity contribution in [3.05, 3.63) is 96.6 Å². The van der Waals surface area contributed by atoms with E-state index in [0.717, 1.165) is 57.8 Å². The third-order valence-corrected chi connectivity index (χ3v) is 20.1. The molecule has 2 aromatic rings.